The summed E-state index contributed by atoms with van der Waals surface area (Å²) < 4.78 is 30.3. The highest BCUT2D eigenvalue weighted by Crippen LogP contribution is 2.18. The minimum atomic E-state index is -3.60. The summed E-state index contributed by atoms with van der Waals surface area (Å²) in [5, 5.41) is 2.98. The summed E-state index contributed by atoms with van der Waals surface area (Å²) in [6, 6.07) is 23.6. The number of hydrogen-bond donors (Lipinski definition) is 1. The molecule has 8 nitrogen and oxygen atoms in total. The summed E-state index contributed by atoms with van der Waals surface area (Å²) in [5.41, 5.74) is 3.72. The molecule has 2 amide bonds. The Labute approximate surface area is 225 Å². The smallest absolute Gasteiger partial charge is 0.243 e. The van der Waals surface area contributed by atoms with Gasteiger partial charge in [0.2, 0.25) is 21.8 Å². The van der Waals surface area contributed by atoms with Crippen LogP contribution in [-0.2, 0) is 39.1 Å². The van der Waals surface area contributed by atoms with Crippen LogP contribution in [0, 0.1) is 6.92 Å². The zero-order chi connectivity index (χ0) is 27.7. The number of likely N-dealkylation sites (N-methyl/N-ethyl adjacent to an activating group) is 1. The molecule has 0 aliphatic rings. The lowest BCUT2D eigenvalue weighted by Gasteiger charge is -2.32. The number of aryl methyl sites for hydroxylation is 1. The van der Waals surface area contributed by atoms with Crippen molar-refractivity contribution in [2.24, 2.45) is 0 Å². The SMILES string of the molecule is COc1ccc(CN(C(=O)CN(C)S(C)(=O)=O)C(Cc2ccccc2)C(=O)NCc2ccc(C)cc2)cc1. The number of nitrogens with zero attached hydrogens (tertiary/aromatic N) is 2. The number of hydrogen-bond acceptors (Lipinski definition) is 5. The largest absolute Gasteiger partial charge is 0.497 e. The molecule has 3 aromatic carbocycles. The molecule has 1 unspecified atom stereocenters. The molecule has 0 saturated carbocycles. The fourth-order valence-corrected chi connectivity index (χ4v) is 4.24. The van der Waals surface area contributed by atoms with E-state index in [9.17, 15) is 18.0 Å². The first kappa shape index (κ1) is 28.9. The summed E-state index contributed by atoms with van der Waals surface area (Å²) in [7, 11) is -0.680. The first-order chi connectivity index (χ1) is 18.1. The summed E-state index contributed by atoms with van der Waals surface area (Å²) in [6.07, 6.45) is 1.31. The van der Waals surface area contributed by atoms with E-state index in [1.54, 1.807) is 19.2 Å². The summed E-state index contributed by atoms with van der Waals surface area (Å²) in [5.74, 6) is -0.126. The quantitative estimate of drug-likeness (QED) is 0.383. The molecule has 0 aliphatic heterocycles. The van der Waals surface area contributed by atoms with E-state index in [0.717, 1.165) is 32.8 Å². The third kappa shape index (κ3) is 8.43. The fraction of sp³-hybridized carbons (Fsp3) is 0.310. The maximum absolute atomic E-state index is 13.7. The van der Waals surface area contributed by atoms with Crippen LogP contribution in [0.5, 0.6) is 5.75 Å². The van der Waals surface area contributed by atoms with Crippen LogP contribution >= 0.6 is 0 Å². The van der Waals surface area contributed by atoms with Crippen LogP contribution in [0.4, 0.5) is 0 Å². The van der Waals surface area contributed by atoms with Gasteiger partial charge in [-0.15, -0.1) is 0 Å². The number of benzene rings is 3. The van der Waals surface area contributed by atoms with E-state index in [1.807, 2.05) is 73.7 Å². The molecule has 38 heavy (non-hydrogen) atoms. The van der Waals surface area contributed by atoms with E-state index in [2.05, 4.69) is 5.32 Å². The predicted octanol–water partition coefficient (Wildman–Crippen LogP) is 3.15. The molecule has 1 N–H and O–H groups in total. The van der Waals surface area contributed by atoms with Crippen molar-refractivity contribution in [1.29, 1.82) is 0 Å². The number of carbonyl (C=O) groups excluding carboxylic acids is 2. The number of amides is 2. The average Bonchev–Trinajstić information content (AvgIpc) is 2.90. The lowest BCUT2D eigenvalue weighted by Crippen LogP contribution is -2.52. The maximum atomic E-state index is 13.7. The van der Waals surface area contributed by atoms with Gasteiger partial charge in [-0.3, -0.25) is 9.59 Å². The van der Waals surface area contributed by atoms with Gasteiger partial charge in [0, 0.05) is 26.6 Å². The molecule has 0 spiro atoms. The Kier molecular flexibility index (Phi) is 10.0. The molecule has 202 valence electrons. The number of sulfonamides is 1. The second-order valence-corrected chi connectivity index (χ2v) is 11.4. The molecular weight excluding hydrogens is 502 g/mol. The first-order valence-electron chi connectivity index (χ1n) is 12.3. The van der Waals surface area contributed by atoms with Gasteiger partial charge in [-0.1, -0.05) is 72.3 Å². The summed E-state index contributed by atoms with van der Waals surface area (Å²) in [4.78, 5) is 28.7. The third-order valence-corrected chi connectivity index (χ3v) is 7.56. The van der Waals surface area contributed by atoms with Crippen molar-refractivity contribution >= 4 is 21.8 Å². The number of methoxy groups -OCH3 is 1. The normalized spacial score (nSPS) is 12.1. The zero-order valence-corrected chi connectivity index (χ0v) is 23.1. The highest BCUT2D eigenvalue weighted by atomic mass is 32.2. The number of carbonyl (C=O) groups is 2. The second-order valence-electron chi connectivity index (χ2n) is 9.30. The Hall–Kier alpha value is -3.69. The number of ether oxygens (including phenoxy) is 1. The van der Waals surface area contributed by atoms with Crippen LogP contribution in [-0.4, -0.2) is 62.4 Å². The van der Waals surface area contributed by atoms with E-state index in [4.69, 9.17) is 4.74 Å². The predicted molar refractivity (Wildman–Crippen MR) is 148 cm³/mol. The Morgan fingerprint density at radius 2 is 1.50 bits per heavy atom. The van der Waals surface area contributed by atoms with E-state index < -0.39 is 22.0 Å². The number of nitrogens with one attached hydrogen (secondary N) is 1. The Morgan fingerprint density at radius 3 is 2.08 bits per heavy atom. The van der Waals surface area contributed by atoms with Crippen molar-refractivity contribution in [3.8, 4) is 5.75 Å². The lowest BCUT2D eigenvalue weighted by atomic mass is 10.0. The minimum absolute atomic E-state index is 0.121. The van der Waals surface area contributed by atoms with Crippen LogP contribution in [0.25, 0.3) is 0 Å². The molecule has 3 rings (SSSR count). The summed E-state index contributed by atoms with van der Waals surface area (Å²) >= 11 is 0. The van der Waals surface area contributed by atoms with Crippen molar-refractivity contribution in [1.82, 2.24) is 14.5 Å². The Balaban J connectivity index is 1.94. The van der Waals surface area contributed by atoms with E-state index in [1.165, 1.54) is 11.9 Å². The van der Waals surface area contributed by atoms with Gasteiger partial charge < -0.3 is 15.0 Å². The number of rotatable bonds is 12. The fourth-order valence-electron chi connectivity index (χ4n) is 3.89. The van der Waals surface area contributed by atoms with Crippen molar-refractivity contribution in [2.45, 2.75) is 32.5 Å². The van der Waals surface area contributed by atoms with Crippen molar-refractivity contribution in [3.05, 3.63) is 101 Å². The molecule has 0 radical (unpaired) electrons. The van der Waals surface area contributed by atoms with Crippen molar-refractivity contribution in [2.75, 3.05) is 27.0 Å². The second kappa shape index (κ2) is 13.2. The van der Waals surface area contributed by atoms with Crippen LogP contribution in [0.1, 0.15) is 22.3 Å². The summed E-state index contributed by atoms with van der Waals surface area (Å²) in [6.45, 7) is 2.04. The molecule has 0 bridgehead atoms. The molecule has 9 heteroatoms. The van der Waals surface area contributed by atoms with Gasteiger partial charge in [0.25, 0.3) is 0 Å². The maximum Gasteiger partial charge on any atom is 0.243 e. The lowest BCUT2D eigenvalue weighted by molar-refractivity contribution is -0.141. The van der Waals surface area contributed by atoms with Crippen LogP contribution in [0.15, 0.2) is 78.9 Å². The molecule has 0 heterocycles. The van der Waals surface area contributed by atoms with Crippen LogP contribution in [0.2, 0.25) is 0 Å². The topological polar surface area (TPSA) is 96.0 Å². The van der Waals surface area contributed by atoms with Crippen molar-refractivity contribution in [3.63, 3.8) is 0 Å². The minimum Gasteiger partial charge on any atom is -0.497 e. The Bertz CT molecular complexity index is 1310. The molecule has 0 fully saturated rings. The van der Waals surface area contributed by atoms with Gasteiger partial charge in [0.15, 0.2) is 0 Å². The van der Waals surface area contributed by atoms with Crippen molar-refractivity contribution < 1.29 is 22.7 Å². The van der Waals surface area contributed by atoms with Gasteiger partial charge in [0.1, 0.15) is 11.8 Å². The molecule has 0 saturated heterocycles. The molecule has 0 aliphatic carbocycles. The van der Waals surface area contributed by atoms with Gasteiger partial charge in [-0.25, -0.2) is 8.42 Å². The zero-order valence-electron chi connectivity index (χ0n) is 22.3. The monoisotopic (exact) mass is 537 g/mol. The highest BCUT2D eigenvalue weighted by Gasteiger charge is 2.31. The first-order valence-corrected chi connectivity index (χ1v) is 14.1. The highest BCUT2D eigenvalue weighted by molar-refractivity contribution is 7.88. The molecule has 1 atom stereocenters. The molecule has 3 aromatic rings. The standard InChI is InChI=1S/C29H35N3O5S/c1-22-10-12-24(13-11-22)19-30-29(34)27(18-23-8-6-5-7-9-23)32(28(33)21-31(2)38(4,35)36)20-25-14-16-26(37-3)17-15-25/h5-17,27H,18-21H2,1-4H3,(H,30,34). The van der Waals surface area contributed by atoms with Gasteiger partial charge in [0.05, 0.1) is 19.9 Å². The van der Waals surface area contributed by atoms with Crippen LogP contribution < -0.4 is 10.1 Å². The third-order valence-electron chi connectivity index (χ3n) is 6.29. The van der Waals surface area contributed by atoms with E-state index >= 15 is 0 Å². The van der Waals surface area contributed by atoms with E-state index in [-0.39, 0.29) is 25.4 Å². The average molecular weight is 538 g/mol. The van der Waals surface area contributed by atoms with Crippen LogP contribution in [0.3, 0.4) is 0 Å². The molecule has 0 aromatic heterocycles. The van der Waals surface area contributed by atoms with Gasteiger partial charge in [-0.2, -0.15) is 4.31 Å². The van der Waals surface area contributed by atoms with E-state index in [0.29, 0.717) is 12.3 Å². The van der Waals surface area contributed by atoms with Gasteiger partial charge in [-0.05, 0) is 35.7 Å². The Morgan fingerprint density at radius 1 is 0.895 bits per heavy atom. The molecular formula is C29H35N3O5S. The van der Waals surface area contributed by atoms with Gasteiger partial charge >= 0.3 is 0 Å².